The highest BCUT2D eigenvalue weighted by atomic mass is 32.1. The van der Waals surface area contributed by atoms with Crippen molar-refractivity contribution in [3.05, 3.63) is 45.9 Å². The smallest absolute Gasteiger partial charge is 0.443 e. The SMILES string of the molecule is CNCCOc1ccc(CC(C)N2CCOC(O)(c3csc(C(F)(F)F)n3)C2)cc1. The Morgan fingerprint density at radius 3 is 2.73 bits per heavy atom. The molecule has 1 fully saturated rings. The Kier molecular flexibility index (Phi) is 7.35. The molecule has 1 aromatic carbocycles. The maximum Gasteiger partial charge on any atom is 0.443 e. The number of rotatable bonds is 8. The van der Waals surface area contributed by atoms with Crippen molar-refractivity contribution in [2.45, 2.75) is 31.3 Å². The third kappa shape index (κ3) is 5.70. The number of nitrogens with zero attached hydrogens (tertiary/aromatic N) is 2. The van der Waals surface area contributed by atoms with Crippen molar-refractivity contribution >= 4 is 11.3 Å². The quantitative estimate of drug-likeness (QED) is 0.610. The summed E-state index contributed by atoms with van der Waals surface area (Å²) in [7, 11) is 1.87. The molecule has 6 nitrogen and oxygen atoms in total. The molecule has 0 bridgehead atoms. The molecule has 2 N–H and O–H groups in total. The molecule has 30 heavy (non-hydrogen) atoms. The van der Waals surface area contributed by atoms with Crippen LogP contribution in [0, 0.1) is 0 Å². The molecule has 0 saturated carbocycles. The summed E-state index contributed by atoms with van der Waals surface area (Å²) in [6.07, 6.45) is -3.82. The molecule has 0 spiro atoms. The van der Waals surface area contributed by atoms with Gasteiger partial charge in [-0.15, -0.1) is 11.3 Å². The van der Waals surface area contributed by atoms with Gasteiger partial charge in [0.05, 0.1) is 13.2 Å². The van der Waals surface area contributed by atoms with Crippen LogP contribution in [0.25, 0.3) is 0 Å². The Morgan fingerprint density at radius 1 is 1.37 bits per heavy atom. The van der Waals surface area contributed by atoms with E-state index < -0.39 is 17.0 Å². The van der Waals surface area contributed by atoms with Gasteiger partial charge in [0, 0.05) is 24.5 Å². The van der Waals surface area contributed by atoms with E-state index >= 15 is 0 Å². The number of hydrogen-bond acceptors (Lipinski definition) is 7. The van der Waals surface area contributed by atoms with E-state index in [1.807, 2.05) is 43.1 Å². The first-order valence-corrected chi connectivity index (χ1v) is 10.6. The maximum atomic E-state index is 12.9. The Hall–Kier alpha value is -1.72. The van der Waals surface area contributed by atoms with Crippen LogP contribution in [-0.2, 0) is 23.1 Å². The second-order valence-electron chi connectivity index (χ2n) is 7.29. The lowest BCUT2D eigenvalue weighted by atomic mass is 10.0. The summed E-state index contributed by atoms with van der Waals surface area (Å²) in [6.45, 7) is 4.21. The lowest BCUT2D eigenvalue weighted by molar-refractivity contribution is -0.254. The predicted octanol–water partition coefficient (Wildman–Crippen LogP) is 2.87. The highest BCUT2D eigenvalue weighted by Crippen LogP contribution is 2.36. The molecular weight excluding hydrogens is 419 g/mol. The molecule has 0 radical (unpaired) electrons. The number of nitrogens with one attached hydrogen (secondary N) is 1. The van der Waals surface area contributed by atoms with Crippen molar-refractivity contribution in [3.8, 4) is 5.75 Å². The summed E-state index contributed by atoms with van der Waals surface area (Å²) in [5, 5.41) is 14.1. The van der Waals surface area contributed by atoms with E-state index in [1.165, 1.54) is 5.38 Å². The van der Waals surface area contributed by atoms with Crippen molar-refractivity contribution in [2.75, 3.05) is 39.9 Å². The number of β-amino-alcohol motifs (C(OH)–C–C–N with tert-alkyl or cyclic N) is 1. The second-order valence-corrected chi connectivity index (χ2v) is 8.15. The van der Waals surface area contributed by atoms with E-state index in [1.54, 1.807) is 0 Å². The molecule has 2 heterocycles. The highest BCUT2D eigenvalue weighted by molar-refractivity contribution is 7.09. The molecule has 2 unspecified atom stereocenters. The topological polar surface area (TPSA) is 66.9 Å². The number of ether oxygens (including phenoxy) is 2. The number of benzene rings is 1. The molecule has 166 valence electrons. The number of likely N-dealkylation sites (N-methyl/N-ethyl adjacent to an activating group) is 1. The first-order valence-electron chi connectivity index (χ1n) is 9.71. The van der Waals surface area contributed by atoms with Crippen LogP contribution in [0.4, 0.5) is 13.2 Å². The molecule has 1 saturated heterocycles. The summed E-state index contributed by atoms with van der Waals surface area (Å²) in [4.78, 5) is 5.58. The van der Waals surface area contributed by atoms with Gasteiger partial charge < -0.3 is 19.9 Å². The van der Waals surface area contributed by atoms with Crippen molar-refractivity contribution in [3.63, 3.8) is 0 Å². The fourth-order valence-electron chi connectivity index (χ4n) is 3.31. The van der Waals surface area contributed by atoms with Crippen LogP contribution in [0.1, 0.15) is 23.2 Å². The molecule has 3 rings (SSSR count). The summed E-state index contributed by atoms with van der Waals surface area (Å²) in [6, 6.07) is 7.88. The zero-order valence-corrected chi connectivity index (χ0v) is 17.7. The molecule has 2 atom stereocenters. The summed E-state index contributed by atoms with van der Waals surface area (Å²) < 4.78 is 49.6. The van der Waals surface area contributed by atoms with Crippen molar-refractivity contribution in [1.82, 2.24) is 15.2 Å². The fourth-order valence-corrected chi connectivity index (χ4v) is 4.05. The molecule has 10 heteroatoms. The zero-order valence-electron chi connectivity index (χ0n) is 16.9. The Labute approximate surface area is 177 Å². The van der Waals surface area contributed by atoms with Gasteiger partial charge in [0.1, 0.15) is 18.1 Å². The monoisotopic (exact) mass is 445 g/mol. The van der Waals surface area contributed by atoms with Gasteiger partial charge in [-0.3, -0.25) is 4.90 Å². The average molecular weight is 446 g/mol. The van der Waals surface area contributed by atoms with Crippen LogP contribution in [0.15, 0.2) is 29.6 Å². The summed E-state index contributed by atoms with van der Waals surface area (Å²) >= 11 is 0.459. The van der Waals surface area contributed by atoms with Crippen LogP contribution in [0.2, 0.25) is 0 Å². The van der Waals surface area contributed by atoms with E-state index in [0.29, 0.717) is 24.5 Å². The standard InChI is InChI=1S/C20H26F3N3O3S/c1-14(11-15-3-5-16(6-4-15)28-9-7-24-2)26-8-10-29-19(27,13-26)17-12-30-18(25-17)20(21,22)23/h3-6,12,14,24,27H,7-11,13H2,1-2H3. The predicted molar refractivity (Wildman–Crippen MR) is 108 cm³/mol. The summed E-state index contributed by atoms with van der Waals surface area (Å²) in [5.74, 6) is -1.05. The number of thiazole rings is 1. The van der Waals surface area contributed by atoms with E-state index in [9.17, 15) is 18.3 Å². The molecule has 0 amide bonds. The lowest BCUT2D eigenvalue weighted by Gasteiger charge is -2.41. The van der Waals surface area contributed by atoms with Gasteiger partial charge in [0.25, 0.3) is 0 Å². The molecule has 2 aromatic rings. The largest absolute Gasteiger partial charge is 0.492 e. The number of alkyl halides is 3. The van der Waals surface area contributed by atoms with Crippen LogP contribution < -0.4 is 10.1 Å². The normalized spacial score (nSPS) is 21.5. The van der Waals surface area contributed by atoms with Crippen LogP contribution in [-0.4, -0.2) is 60.9 Å². The third-order valence-corrected chi connectivity index (χ3v) is 5.87. The molecule has 1 aliphatic heterocycles. The average Bonchev–Trinajstić information content (AvgIpc) is 3.21. The van der Waals surface area contributed by atoms with E-state index in [-0.39, 0.29) is 24.9 Å². The Morgan fingerprint density at radius 2 is 2.10 bits per heavy atom. The van der Waals surface area contributed by atoms with Gasteiger partial charge in [-0.1, -0.05) is 12.1 Å². The number of morpholine rings is 1. The van der Waals surface area contributed by atoms with Crippen LogP contribution in [0.5, 0.6) is 5.75 Å². The van der Waals surface area contributed by atoms with Crippen molar-refractivity contribution in [1.29, 1.82) is 0 Å². The minimum atomic E-state index is -4.54. The van der Waals surface area contributed by atoms with E-state index in [4.69, 9.17) is 9.47 Å². The highest BCUT2D eigenvalue weighted by Gasteiger charge is 2.42. The van der Waals surface area contributed by atoms with Crippen LogP contribution in [0.3, 0.4) is 0 Å². The van der Waals surface area contributed by atoms with Gasteiger partial charge >= 0.3 is 6.18 Å². The first kappa shape index (κ1) is 23.0. The molecule has 1 aromatic heterocycles. The Balaban J connectivity index is 1.61. The van der Waals surface area contributed by atoms with Gasteiger partial charge in [-0.05, 0) is 38.1 Å². The summed E-state index contributed by atoms with van der Waals surface area (Å²) in [5.41, 5.74) is 1.01. The van der Waals surface area contributed by atoms with Crippen molar-refractivity contribution < 1.29 is 27.8 Å². The van der Waals surface area contributed by atoms with E-state index in [2.05, 4.69) is 10.3 Å². The fraction of sp³-hybridized carbons (Fsp3) is 0.550. The molecule has 1 aliphatic rings. The van der Waals surface area contributed by atoms with Gasteiger partial charge in [0.15, 0.2) is 5.01 Å². The van der Waals surface area contributed by atoms with Gasteiger partial charge in [0.2, 0.25) is 5.79 Å². The lowest BCUT2D eigenvalue weighted by Crippen LogP contribution is -2.53. The first-order chi connectivity index (χ1) is 14.2. The maximum absolute atomic E-state index is 12.9. The number of aliphatic hydroxyl groups is 1. The number of aromatic nitrogens is 1. The van der Waals surface area contributed by atoms with E-state index in [0.717, 1.165) is 24.3 Å². The number of hydrogen-bond donors (Lipinski definition) is 2. The molecule has 0 aliphatic carbocycles. The van der Waals surface area contributed by atoms with Gasteiger partial charge in [-0.2, -0.15) is 13.2 Å². The third-order valence-electron chi connectivity index (χ3n) is 4.98. The van der Waals surface area contributed by atoms with Crippen molar-refractivity contribution in [2.24, 2.45) is 0 Å². The number of halogens is 3. The zero-order chi connectivity index (χ0) is 21.8. The minimum absolute atomic E-state index is 0.0530. The second kappa shape index (κ2) is 9.61. The minimum Gasteiger partial charge on any atom is -0.492 e. The van der Waals surface area contributed by atoms with Gasteiger partial charge in [-0.25, -0.2) is 4.98 Å². The van der Waals surface area contributed by atoms with Crippen LogP contribution >= 0.6 is 11.3 Å². The molecular formula is C20H26F3N3O3S. The Bertz CT molecular complexity index is 816.